The van der Waals surface area contributed by atoms with E-state index in [4.69, 9.17) is 4.74 Å². The molecule has 0 saturated heterocycles. The SMILES string of the molecule is COc1ccc(N=C(SC)SC)cn1. The lowest BCUT2D eigenvalue weighted by molar-refractivity contribution is 0.398. The minimum absolute atomic E-state index is 0.610. The normalized spacial score (nSPS) is 9.64. The summed E-state index contributed by atoms with van der Waals surface area (Å²) < 4.78 is 5.98. The van der Waals surface area contributed by atoms with Gasteiger partial charge in [0.2, 0.25) is 5.88 Å². The van der Waals surface area contributed by atoms with Gasteiger partial charge >= 0.3 is 0 Å². The summed E-state index contributed by atoms with van der Waals surface area (Å²) in [5, 5.41) is 0. The Bertz CT molecular complexity index is 305. The fourth-order valence-electron chi connectivity index (χ4n) is 0.839. The topological polar surface area (TPSA) is 34.5 Å². The van der Waals surface area contributed by atoms with E-state index in [1.807, 2.05) is 18.6 Å². The van der Waals surface area contributed by atoms with Gasteiger partial charge in [0.05, 0.1) is 19.0 Å². The molecule has 3 nitrogen and oxygen atoms in total. The van der Waals surface area contributed by atoms with Crippen molar-refractivity contribution in [3.63, 3.8) is 0 Å². The Labute approximate surface area is 92.4 Å². The first-order valence-corrected chi connectivity index (χ1v) is 6.41. The van der Waals surface area contributed by atoms with Crippen molar-refractivity contribution in [3.8, 4) is 5.88 Å². The van der Waals surface area contributed by atoms with Gasteiger partial charge in [0.1, 0.15) is 4.38 Å². The predicted octanol–water partition coefficient (Wildman–Crippen LogP) is 2.80. The van der Waals surface area contributed by atoms with Crippen LogP contribution in [0.15, 0.2) is 23.3 Å². The van der Waals surface area contributed by atoms with Gasteiger partial charge < -0.3 is 4.74 Å². The Morgan fingerprint density at radius 2 is 2.07 bits per heavy atom. The standard InChI is InChI=1S/C9H12N2OS2/c1-12-8-5-4-7(6-10-8)11-9(13-2)14-3/h4-6H,1-3H3. The van der Waals surface area contributed by atoms with Gasteiger partial charge in [-0.1, -0.05) is 0 Å². The largest absolute Gasteiger partial charge is 0.481 e. The zero-order valence-electron chi connectivity index (χ0n) is 8.35. The van der Waals surface area contributed by atoms with Crippen molar-refractivity contribution < 1.29 is 4.74 Å². The second-order valence-corrected chi connectivity index (χ2v) is 4.19. The lowest BCUT2D eigenvalue weighted by Gasteiger charge is -2.00. The highest BCUT2D eigenvalue weighted by molar-refractivity contribution is 8.38. The number of rotatable bonds is 2. The maximum Gasteiger partial charge on any atom is 0.213 e. The van der Waals surface area contributed by atoms with Gasteiger partial charge in [0.15, 0.2) is 0 Å². The van der Waals surface area contributed by atoms with Gasteiger partial charge in [0.25, 0.3) is 0 Å². The zero-order valence-corrected chi connectivity index (χ0v) is 9.98. The first-order chi connectivity index (χ1) is 6.80. The number of methoxy groups -OCH3 is 1. The molecule has 0 spiro atoms. The van der Waals surface area contributed by atoms with Crippen LogP contribution in [0.1, 0.15) is 0 Å². The summed E-state index contributed by atoms with van der Waals surface area (Å²) in [6.45, 7) is 0. The van der Waals surface area contributed by atoms with E-state index in [2.05, 4.69) is 9.98 Å². The Morgan fingerprint density at radius 3 is 2.50 bits per heavy atom. The molecular formula is C9H12N2OS2. The molecule has 1 heterocycles. The van der Waals surface area contributed by atoms with Crippen molar-refractivity contribution in [1.29, 1.82) is 0 Å². The molecule has 0 fully saturated rings. The molecule has 0 amide bonds. The fraction of sp³-hybridized carbons (Fsp3) is 0.333. The molecule has 1 aromatic heterocycles. The van der Waals surface area contributed by atoms with Gasteiger partial charge in [0, 0.05) is 6.07 Å². The second kappa shape index (κ2) is 5.93. The molecule has 0 radical (unpaired) electrons. The van der Waals surface area contributed by atoms with E-state index in [1.54, 1.807) is 42.9 Å². The third kappa shape index (κ3) is 3.23. The molecule has 0 bridgehead atoms. The van der Waals surface area contributed by atoms with Gasteiger partial charge in [-0.25, -0.2) is 9.98 Å². The second-order valence-electron chi connectivity index (χ2n) is 2.34. The summed E-state index contributed by atoms with van der Waals surface area (Å²) in [5.41, 5.74) is 0.851. The van der Waals surface area contributed by atoms with E-state index in [0.29, 0.717) is 5.88 Å². The molecule has 0 N–H and O–H groups in total. The molecule has 0 aliphatic heterocycles. The number of aromatic nitrogens is 1. The molecule has 76 valence electrons. The van der Waals surface area contributed by atoms with Crippen LogP contribution >= 0.6 is 23.5 Å². The van der Waals surface area contributed by atoms with Crippen LogP contribution in [-0.4, -0.2) is 29.0 Å². The van der Waals surface area contributed by atoms with Crippen molar-refractivity contribution in [2.45, 2.75) is 0 Å². The summed E-state index contributed by atoms with van der Waals surface area (Å²) in [5.74, 6) is 0.610. The molecule has 0 atom stereocenters. The third-order valence-electron chi connectivity index (χ3n) is 1.50. The lowest BCUT2D eigenvalue weighted by Crippen LogP contribution is -1.86. The quantitative estimate of drug-likeness (QED) is 0.576. The minimum Gasteiger partial charge on any atom is -0.481 e. The first kappa shape index (κ1) is 11.4. The number of aliphatic imine (C=N–C) groups is 1. The minimum atomic E-state index is 0.610. The predicted molar refractivity (Wildman–Crippen MR) is 64.9 cm³/mol. The molecule has 1 rings (SSSR count). The van der Waals surface area contributed by atoms with E-state index in [1.165, 1.54) is 0 Å². The van der Waals surface area contributed by atoms with Crippen LogP contribution < -0.4 is 4.74 Å². The van der Waals surface area contributed by atoms with E-state index in [0.717, 1.165) is 10.1 Å². The van der Waals surface area contributed by atoms with Gasteiger partial charge in [-0.05, 0) is 18.6 Å². The summed E-state index contributed by atoms with van der Waals surface area (Å²) in [6, 6.07) is 3.69. The van der Waals surface area contributed by atoms with E-state index in [9.17, 15) is 0 Å². The summed E-state index contributed by atoms with van der Waals surface area (Å²) in [7, 11) is 1.60. The number of hydrogen-bond acceptors (Lipinski definition) is 5. The van der Waals surface area contributed by atoms with Crippen LogP contribution in [0.25, 0.3) is 0 Å². The van der Waals surface area contributed by atoms with Crippen molar-refractivity contribution in [3.05, 3.63) is 18.3 Å². The Kier molecular flexibility index (Phi) is 4.82. The Hall–Kier alpha value is -0.680. The first-order valence-electron chi connectivity index (χ1n) is 3.97. The van der Waals surface area contributed by atoms with Crippen LogP contribution in [0.2, 0.25) is 0 Å². The molecule has 0 aromatic carbocycles. The van der Waals surface area contributed by atoms with Crippen LogP contribution in [0, 0.1) is 0 Å². The maximum atomic E-state index is 4.96. The Balaban J connectivity index is 2.81. The average molecular weight is 228 g/mol. The molecule has 0 unspecified atom stereocenters. The molecule has 0 aliphatic carbocycles. The molecule has 1 aromatic rings. The molecule has 0 saturated carbocycles. The summed E-state index contributed by atoms with van der Waals surface area (Å²) in [4.78, 5) is 8.47. The molecule has 0 aliphatic rings. The van der Waals surface area contributed by atoms with Crippen molar-refractivity contribution in [2.75, 3.05) is 19.6 Å². The number of ether oxygens (including phenoxy) is 1. The van der Waals surface area contributed by atoms with Crippen LogP contribution in [-0.2, 0) is 0 Å². The molecule has 5 heteroatoms. The highest BCUT2D eigenvalue weighted by Gasteiger charge is 1.96. The van der Waals surface area contributed by atoms with Crippen molar-refractivity contribution >= 4 is 33.6 Å². The van der Waals surface area contributed by atoms with E-state index >= 15 is 0 Å². The molecular weight excluding hydrogens is 216 g/mol. The van der Waals surface area contributed by atoms with Crippen LogP contribution in [0.3, 0.4) is 0 Å². The summed E-state index contributed by atoms with van der Waals surface area (Å²) in [6.07, 6.45) is 5.71. The van der Waals surface area contributed by atoms with E-state index < -0.39 is 0 Å². The molecule has 14 heavy (non-hydrogen) atoms. The third-order valence-corrected chi connectivity index (χ3v) is 3.38. The Morgan fingerprint density at radius 1 is 1.36 bits per heavy atom. The smallest absolute Gasteiger partial charge is 0.213 e. The van der Waals surface area contributed by atoms with Gasteiger partial charge in [-0.15, -0.1) is 23.5 Å². The van der Waals surface area contributed by atoms with Crippen LogP contribution in [0.4, 0.5) is 5.69 Å². The monoisotopic (exact) mass is 228 g/mol. The van der Waals surface area contributed by atoms with Gasteiger partial charge in [-0.3, -0.25) is 0 Å². The maximum absolute atomic E-state index is 4.96. The number of hydrogen-bond donors (Lipinski definition) is 0. The number of nitrogens with zero attached hydrogens (tertiary/aromatic N) is 2. The van der Waals surface area contributed by atoms with Crippen molar-refractivity contribution in [2.24, 2.45) is 4.99 Å². The fourth-order valence-corrected chi connectivity index (χ4v) is 1.90. The average Bonchev–Trinajstić information content (AvgIpc) is 2.26. The van der Waals surface area contributed by atoms with Crippen LogP contribution in [0.5, 0.6) is 5.88 Å². The zero-order chi connectivity index (χ0) is 10.4. The summed E-state index contributed by atoms with van der Waals surface area (Å²) >= 11 is 3.26. The van der Waals surface area contributed by atoms with E-state index in [-0.39, 0.29) is 0 Å². The van der Waals surface area contributed by atoms with Gasteiger partial charge in [-0.2, -0.15) is 0 Å². The lowest BCUT2D eigenvalue weighted by atomic mass is 10.4. The number of pyridine rings is 1. The van der Waals surface area contributed by atoms with Crippen molar-refractivity contribution in [1.82, 2.24) is 4.98 Å². The highest BCUT2D eigenvalue weighted by atomic mass is 32.2. The number of thioether (sulfide) groups is 2. The highest BCUT2D eigenvalue weighted by Crippen LogP contribution is 2.19.